The summed E-state index contributed by atoms with van der Waals surface area (Å²) in [5, 5.41) is 14.7. The lowest BCUT2D eigenvalue weighted by atomic mass is 9.86. The highest BCUT2D eigenvalue weighted by atomic mass is 19.4. The molecule has 0 spiro atoms. The van der Waals surface area contributed by atoms with E-state index in [-0.39, 0.29) is 10.8 Å². The number of rotatable bonds is 3. The molecule has 2 aromatic heterocycles. The van der Waals surface area contributed by atoms with Gasteiger partial charge in [0, 0.05) is 27.1 Å². The fraction of sp³-hybridized carbons (Fsp3) is 0.213. The largest absolute Gasteiger partial charge is 0.416 e. The first kappa shape index (κ1) is 34.3. The van der Waals surface area contributed by atoms with Crippen LogP contribution in [0.15, 0.2) is 115 Å². The fourth-order valence-corrected chi connectivity index (χ4v) is 7.81. The average Bonchev–Trinajstić information content (AvgIpc) is 3.62. The van der Waals surface area contributed by atoms with E-state index in [2.05, 4.69) is 105 Å². The van der Waals surface area contributed by atoms with Gasteiger partial charge in [-0.1, -0.05) is 96.1 Å². The molecule has 0 radical (unpaired) electrons. The van der Waals surface area contributed by atoms with Crippen molar-refractivity contribution in [2.75, 3.05) is 0 Å². The summed E-state index contributed by atoms with van der Waals surface area (Å²) >= 11 is 0. The predicted octanol–water partition coefficient (Wildman–Crippen LogP) is 13.3. The minimum absolute atomic E-state index is 0.102. The molecule has 6 heteroatoms. The molecule has 8 rings (SSSR count). The molecule has 2 heterocycles. The topological polar surface area (TPSA) is 33.6 Å². The first-order valence-electron chi connectivity index (χ1n) is 17.9. The number of aryl methyl sites for hydroxylation is 1. The molecule has 0 aliphatic rings. The number of hydrogen-bond acceptors (Lipinski definition) is 1. The van der Waals surface area contributed by atoms with E-state index in [9.17, 15) is 18.4 Å². The van der Waals surface area contributed by atoms with Gasteiger partial charge in [-0.25, -0.2) is 0 Å². The van der Waals surface area contributed by atoms with Crippen molar-refractivity contribution < 1.29 is 13.2 Å². The van der Waals surface area contributed by atoms with Crippen molar-refractivity contribution >= 4 is 43.6 Å². The maximum absolute atomic E-state index is 14.6. The Kier molecular flexibility index (Phi) is 7.68. The van der Waals surface area contributed by atoms with Crippen molar-refractivity contribution in [3.63, 3.8) is 0 Å². The number of alkyl halides is 3. The zero-order valence-corrected chi connectivity index (χ0v) is 30.9. The summed E-state index contributed by atoms with van der Waals surface area (Å²) in [5.41, 5.74) is 8.20. The van der Waals surface area contributed by atoms with Crippen LogP contribution in [0.2, 0.25) is 0 Å². The molecule has 0 aliphatic carbocycles. The Hall–Kier alpha value is -5.80. The SMILES string of the molecule is Cc1cc(-c2c(-n3c4ccccc4c4cc(C(C)(C)C)ccc43)cc(C#N)cc2-n2c3ccccc3c3cc(C(C)(C)C)ccc32)cc(C(F)(F)F)c1. The Labute approximate surface area is 307 Å². The second-order valence-electron chi connectivity index (χ2n) is 16.3. The number of aromatic nitrogens is 2. The second-order valence-corrected chi connectivity index (χ2v) is 16.3. The fourth-order valence-electron chi connectivity index (χ4n) is 7.81. The second kappa shape index (κ2) is 11.9. The van der Waals surface area contributed by atoms with Crippen LogP contribution in [0, 0.1) is 18.3 Å². The Morgan fingerprint density at radius 3 is 1.40 bits per heavy atom. The quantitative estimate of drug-likeness (QED) is 0.180. The summed E-state index contributed by atoms with van der Waals surface area (Å²) in [6, 6.07) is 39.4. The molecular formula is C47H40F3N3. The molecule has 53 heavy (non-hydrogen) atoms. The van der Waals surface area contributed by atoms with Gasteiger partial charge in [0.15, 0.2) is 0 Å². The summed E-state index contributed by atoms with van der Waals surface area (Å²) in [4.78, 5) is 0. The van der Waals surface area contributed by atoms with E-state index in [0.29, 0.717) is 33.6 Å². The monoisotopic (exact) mass is 703 g/mol. The Morgan fingerprint density at radius 1 is 0.509 bits per heavy atom. The van der Waals surface area contributed by atoms with Crippen LogP contribution in [0.25, 0.3) is 66.1 Å². The minimum atomic E-state index is -4.56. The summed E-state index contributed by atoms with van der Waals surface area (Å²) in [5.74, 6) is 0. The molecule has 0 bridgehead atoms. The van der Waals surface area contributed by atoms with Crippen LogP contribution in [0.5, 0.6) is 0 Å². The zero-order chi connectivity index (χ0) is 37.6. The number of fused-ring (bicyclic) bond motifs is 6. The molecule has 0 N–H and O–H groups in total. The van der Waals surface area contributed by atoms with Gasteiger partial charge in [0.25, 0.3) is 0 Å². The van der Waals surface area contributed by atoms with Crippen molar-refractivity contribution in [1.82, 2.24) is 9.13 Å². The van der Waals surface area contributed by atoms with Gasteiger partial charge >= 0.3 is 6.18 Å². The van der Waals surface area contributed by atoms with Crippen LogP contribution in [-0.4, -0.2) is 9.13 Å². The van der Waals surface area contributed by atoms with Gasteiger partial charge in [-0.05, 0) is 101 Å². The van der Waals surface area contributed by atoms with Crippen molar-refractivity contribution in [1.29, 1.82) is 5.26 Å². The molecule has 0 saturated carbocycles. The van der Waals surface area contributed by atoms with Gasteiger partial charge in [0.1, 0.15) is 0 Å². The average molecular weight is 704 g/mol. The van der Waals surface area contributed by atoms with Crippen LogP contribution in [0.3, 0.4) is 0 Å². The highest BCUT2D eigenvalue weighted by Crippen LogP contribution is 2.45. The van der Waals surface area contributed by atoms with Crippen molar-refractivity contribution in [3.8, 4) is 28.6 Å². The van der Waals surface area contributed by atoms with Crippen LogP contribution in [-0.2, 0) is 17.0 Å². The number of hydrogen-bond donors (Lipinski definition) is 0. The normalized spacial score (nSPS) is 12.7. The summed E-state index contributed by atoms with van der Waals surface area (Å²) in [6.07, 6.45) is -4.56. The minimum Gasteiger partial charge on any atom is -0.308 e. The van der Waals surface area contributed by atoms with Crippen molar-refractivity contribution in [3.05, 3.63) is 143 Å². The van der Waals surface area contributed by atoms with E-state index in [1.54, 1.807) is 6.92 Å². The lowest BCUT2D eigenvalue weighted by Crippen LogP contribution is -2.11. The highest BCUT2D eigenvalue weighted by Gasteiger charge is 2.32. The third kappa shape index (κ3) is 5.67. The molecule has 0 unspecified atom stereocenters. The van der Waals surface area contributed by atoms with Gasteiger partial charge in [-0.15, -0.1) is 0 Å². The predicted molar refractivity (Wildman–Crippen MR) is 212 cm³/mol. The smallest absolute Gasteiger partial charge is 0.308 e. The highest BCUT2D eigenvalue weighted by molar-refractivity contribution is 6.12. The maximum atomic E-state index is 14.6. The molecule has 8 aromatic rings. The van der Waals surface area contributed by atoms with E-state index >= 15 is 0 Å². The van der Waals surface area contributed by atoms with Crippen LogP contribution in [0.1, 0.15) is 69.4 Å². The summed E-state index contributed by atoms with van der Waals surface area (Å²) in [7, 11) is 0. The number of halogens is 3. The molecule has 264 valence electrons. The van der Waals surface area contributed by atoms with Gasteiger partial charge in [-0.2, -0.15) is 18.4 Å². The zero-order valence-electron chi connectivity index (χ0n) is 30.9. The van der Waals surface area contributed by atoms with E-state index in [0.717, 1.165) is 43.6 Å². The van der Waals surface area contributed by atoms with E-state index < -0.39 is 11.7 Å². The third-order valence-electron chi connectivity index (χ3n) is 10.5. The lowest BCUT2D eigenvalue weighted by Gasteiger charge is -2.23. The van der Waals surface area contributed by atoms with Crippen LogP contribution < -0.4 is 0 Å². The maximum Gasteiger partial charge on any atom is 0.416 e. The van der Waals surface area contributed by atoms with Crippen molar-refractivity contribution in [2.45, 2.75) is 65.5 Å². The van der Waals surface area contributed by atoms with Crippen LogP contribution >= 0.6 is 0 Å². The standard InChI is InChI=1S/C47H40F3N3/c1-28-20-30(24-33(21-28)47(48,49)50)44-42(52-38-14-10-8-12-34(38)36-25-31(45(2,3)4)16-18-40(36)52)22-29(27-51)23-43(44)53-39-15-11-9-13-35(39)37-26-32(46(5,6)7)17-19-41(37)53/h8-26H,1-7H3. The Balaban J connectivity index is 1.59. The number of nitriles is 1. The molecular weight excluding hydrogens is 664 g/mol. The van der Waals surface area contributed by atoms with Crippen LogP contribution in [0.4, 0.5) is 13.2 Å². The summed E-state index contributed by atoms with van der Waals surface area (Å²) < 4.78 is 48.0. The molecule has 0 amide bonds. The number of nitrogens with zero attached hydrogens (tertiary/aromatic N) is 3. The van der Waals surface area contributed by atoms with Gasteiger partial charge in [-0.3, -0.25) is 0 Å². The molecule has 3 nitrogen and oxygen atoms in total. The lowest BCUT2D eigenvalue weighted by molar-refractivity contribution is -0.137. The van der Waals surface area contributed by atoms with E-state index in [4.69, 9.17) is 0 Å². The third-order valence-corrected chi connectivity index (χ3v) is 10.5. The molecule has 0 aliphatic heterocycles. The first-order chi connectivity index (χ1) is 25.0. The van der Waals surface area contributed by atoms with Gasteiger partial charge in [0.05, 0.1) is 50.6 Å². The first-order valence-corrected chi connectivity index (χ1v) is 17.9. The Morgan fingerprint density at radius 2 is 0.962 bits per heavy atom. The van der Waals surface area contributed by atoms with Crippen molar-refractivity contribution in [2.24, 2.45) is 0 Å². The molecule has 0 saturated heterocycles. The molecule has 0 fully saturated rings. The Bertz CT molecular complexity index is 2660. The van der Waals surface area contributed by atoms with Gasteiger partial charge < -0.3 is 9.13 Å². The van der Waals surface area contributed by atoms with Gasteiger partial charge in [0.2, 0.25) is 0 Å². The molecule has 6 aromatic carbocycles. The molecule has 0 atom stereocenters. The van der Waals surface area contributed by atoms with E-state index in [1.165, 1.54) is 23.3 Å². The summed E-state index contributed by atoms with van der Waals surface area (Å²) in [6.45, 7) is 14.8. The number of para-hydroxylation sites is 2. The number of benzene rings is 6. The van der Waals surface area contributed by atoms with E-state index in [1.807, 2.05) is 54.6 Å².